The highest BCUT2D eigenvalue weighted by molar-refractivity contribution is 5.77. The maximum atomic E-state index is 10.9. The van der Waals surface area contributed by atoms with E-state index in [0.29, 0.717) is 12.2 Å². The van der Waals surface area contributed by atoms with Crippen LogP contribution in [0.25, 0.3) is 11.1 Å². The first-order valence-corrected chi connectivity index (χ1v) is 9.14. The van der Waals surface area contributed by atoms with Crippen molar-refractivity contribution < 1.29 is 19.4 Å². The molecule has 0 radical (unpaired) electrons. The average Bonchev–Trinajstić information content (AvgIpc) is 3.52. The Labute approximate surface area is 152 Å². The maximum Gasteiger partial charge on any atom is 0.305 e. The number of carbonyl (C=O) groups is 1. The van der Waals surface area contributed by atoms with Crippen molar-refractivity contribution in [3.8, 4) is 22.6 Å². The second-order valence-electron chi connectivity index (χ2n) is 7.09. The standard InChI is InChI=1S/C21H23NO4/c22-17(12-20(23)24)13-4-6-14(7-5-13)21-18(25-15-8-9-15)2-1-3-19(21)26-16-10-11-16/h1-7,15-17H,8-12,22H2,(H,23,24)/t17-/m1/s1. The minimum atomic E-state index is -0.898. The molecule has 0 spiro atoms. The van der Waals surface area contributed by atoms with E-state index in [-0.39, 0.29) is 6.42 Å². The summed E-state index contributed by atoms with van der Waals surface area (Å²) < 4.78 is 12.2. The number of hydrogen-bond acceptors (Lipinski definition) is 4. The molecule has 2 aromatic rings. The minimum Gasteiger partial charge on any atom is -0.490 e. The van der Waals surface area contributed by atoms with E-state index < -0.39 is 12.0 Å². The van der Waals surface area contributed by atoms with Crippen LogP contribution in [0.2, 0.25) is 0 Å². The summed E-state index contributed by atoms with van der Waals surface area (Å²) in [4.78, 5) is 10.9. The van der Waals surface area contributed by atoms with Crippen LogP contribution in [0, 0.1) is 0 Å². The Kier molecular flexibility index (Phi) is 4.55. The van der Waals surface area contributed by atoms with Gasteiger partial charge in [-0.25, -0.2) is 0 Å². The fourth-order valence-electron chi connectivity index (χ4n) is 2.93. The molecule has 2 aliphatic rings. The van der Waals surface area contributed by atoms with Crippen molar-refractivity contribution in [1.82, 2.24) is 0 Å². The fourth-order valence-corrected chi connectivity index (χ4v) is 2.93. The van der Waals surface area contributed by atoms with Crippen molar-refractivity contribution in [1.29, 1.82) is 0 Å². The third-order valence-electron chi connectivity index (χ3n) is 4.65. The van der Waals surface area contributed by atoms with E-state index in [1.807, 2.05) is 42.5 Å². The van der Waals surface area contributed by atoms with Gasteiger partial charge in [0.25, 0.3) is 0 Å². The molecule has 0 aromatic heterocycles. The fraction of sp³-hybridized carbons (Fsp3) is 0.381. The van der Waals surface area contributed by atoms with E-state index in [9.17, 15) is 4.79 Å². The molecule has 0 heterocycles. The molecule has 0 bridgehead atoms. The van der Waals surface area contributed by atoms with Crippen molar-refractivity contribution in [2.75, 3.05) is 0 Å². The summed E-state index contributed by atoms with van der Waals surface area (Å²) in [6.45, 7) is 0. The van der Waals surface area contributed by atoms with E-state index in [1.165, 1.54) is 0 Å². The van der Waals surface area contributed by atoms with Gasteiger partial charge in [0, 0.05) is 6.04 Å². The molecule has 2 fully saturated rings. The second kappa shape index (κ2) is 7.00. The summed E-state index contributed by atoms with van der Waals surface area (Å²) in [5.74, 6) is 0.784. The van der Waals surface area contributed by atoms with E-state index in [2.05, 4.69) is 0 Å². The molecule has 5 heteroatoms. The molecule has 3 N–H and O–H groups in total. The van der Waals surface area contributed by atoms with Gasteiger partial charge in [-0.05, 0) is 48.9 Å². The molecular weight excluding hydrogens is 330 g/mol. The van der Waals surface area contributed by atoms with Crippen LogP contribution in [-0.2, 0) is 4.79 Å². The third kappa shape index (κ3) is 3.99. The van der Waals surface area contributed by atoms with Gasteiger partial charge in [0.2, 0.25) is 0 Å². The monoisotopic (exact) mass is 353 g/mol. The third-order valence-corrected chi connectivity index (χ3v) is 4.65. The molecule has 0 amide bonds. The normalized spacial score (nSPS) is 17.6. The number of carboxylic acids is 1. The summed E-state index contributed by atoms with van der Waals surface area (Å²) in [5.41, 5.74) is 8.72. The predicted molar refractivity (Wildman–Crippen MR) is 98.4 cm³/mol. The van der Waals surface area contributed by atoms with Gasteiger partial charge in [-0.3, -0.25) is 4.79 Å². The molecule has 0 saturated heterocycles. The van der Waals surface area contributed by atoms with Crippen LogP contribution in [0.3, 0.4) is 0 Å². The number of ether oxygens (including phenoxy) is 2. The second-order valence-corrected chi connectivity index (χ2v) is 7.09. The van der Waals surface area contributed by atoms with Crippen LogP contribution >= 0.6 is 0 Å². The maximum absolute atomic E-state index is 10.9. The van der Waals surface area contributed by atoms with Gasteiger partial charge in [0.1, 0.15) is 11.5 Å². The largest absolute Gasteiger partial charge is 0.490 e. The Morgan fingerprint density at radius 1 is 1.00 bits per heavy atom. The molecule has 0 aliphatic heterocycles. The number of carboxylic acid groups (broad SMARTS) is 1. The number of aliphatic carboxylic acids is 1. The predicted octanol–water partition coefficient (Wildman–Crippen LogP) is 3.91. The lowest BCUT2D eigenvalue weighted by molar-refractivity contribution is -0.137. The molecule has 1 atom stereocenters. The zero-order chi connectivity index (χ0) is 18.1. The highest BCUT2D eigenvalue weighted by Crippen LogP contribution is 2.43. The van der Waals surface area contributed by atoms with Crippen molar-refractivity contribution in [2.24, 2.45) is 5.73 Å². The van der Waals surface area contributed by atoms with Crippen LogP contribution in [0.4, 0.5) is 0 Å². The molecule has 5 nitrogen and oxygen atoms in total. The Balaban J connectivity index is 1.65. The van der Waals surface area contributed by atoms with Crippen LogP contribution < -0.4 is 15.2 Å². The van der Waals surface area contributed by atoms with Crippen molar-refractivity contribution >= 4 is 5.97 Å². The number of rotatable bonds is 8. The average molecular weight is 353 g/mol. The molecule has 4 rings (SSSR count). The molecule has 0 unspecified atom stereocenters. The topological polar surface area (TPSA) is 81.8 Å². The summed E-state index contributed by atoms with van der Waals surface area (Å²) in [5, 5.41) is 8.92. The summed E-state index contributed by atoms with van der Waals surface area (Å²) in [6, 6.07) is 13.1. The first-order valence-electron chi connectivity index (χ1n) is 9.14. The van der Waals surface area contributed by atoms with Crippen molar-refractivity contribution in [3.05, 3.63) is 48.0 Å². The highest BCUT2D eigenvalue weighted by Gasteiger charge is 2.28. The zero-order valence-electron chi connectivity index (χ0n) is 14.6. The highest BCUT2D eigenvalue weighted by atomic mass is 16.5. The van der Waals surface area contributed by atoms with Gasteiger partial charge < -0.3 is 20.3 Å². The molecule has 2 saturated carbocycles. The molecule has 136 valence electrons. The quantitative estimate of drug-likeness (QED) is 0.752. The molecule has 26 heavy (non-hydrogen) atoms. The lowest BCUT2D eigenvalue weighted by Crippen LogP contribution is -2.14. The Hall–Kier alpha value is -2.53. The minimum absolute atomic E-state index is 0.0865. The van der Waals surface area contributed by atoms with Gasteiger partial charge in [-0.2, -0.15) is 0 Å². The van der Waals surface area contributed by atoms with E-state index in [0.717, 1.165) is 53.9 Å². The van der Waals surface area contributed by atoms with Crippen molar-refractivity contribution in [3.63, 3.8) is 0 Å². The molecular formula is C21H23NO4. The number of hydrogen-bond donors (Lipinski definition) is 2. The molecule has 2 aliphatic carbocycles. The number of nitrogens with two attached hydrogens (primary N) is 1. The van der Waals surface area contributed by atoms with Crippen LogP contribution in [0.5, 0.6) is 11.5 Å². The van der Waals surface area contributed by atoms with E-state index in [4.69, 9.17) is 20.3 Å². The van der Waals surface area contributed by atoms with Gasteiger partial charge >= 0.3 is 5.97 Å². The number of benzene rings is 2. The molecule has 2 aromatic carbocycles. The van der Waals surface area contributed by atoms with Gasteiger partial charge in [-0.1, -0.05) is 30.3 Å². The zero-order valence-corrected chi connectivity index (χ0v) is 14.6. The first-order chi connectivity index (χ1) is 12.6. The SMILES string of the molecule is N[C@H](CC(=O)O)c1ccc(-c2c(OC3CC3)cccc2OC2CC2)cc1. The lowest BCUT2D eigenvalue weighted by atomic mass is 9.98. The van der Waals surface area contributed by atoms with Crippen LogP contribution in [0.15, 0.2) is 42.5 Å². The lowest BCUT2D eigenvalue weighted by Gasteiger charge is -2.17. The van der Waals surface area contributed by atoms with Gasteiger partial charge in [0.15, 0.2) is 0 Å². The van der Waals surface area contributed by atoms with Gasteiger partial charge in [0.05, 0.1) is 24.2 Å². The van der Waals surface area contributed by atoms with Crippen LogP contribution in [-0.4, -0.2) is 23.3 Å². The van der Waals surface area contributed by atoms with E-state index >= 15 is 0 Å². The Morgan fingerprint density at radius 3 is 2.00 bits per heavy atom. The van der Waals surface area contributed by atoms with E-state index in [1.54, 1.807) is 0 Å². The summed E-state index contributed by atoms with van der Waals surface area (Å²) >= 11 is 0. The Bertz CT molecular complexity index is 762. The summed E-state index contributed by atoms with van der Waals surface area (Å²) in [7, 11) is 0. The van der Waals surface area contributed by atoms with Crippen LogP contribution in [0.1, 0.15) is 43.7 Å². The van der Waals surface area contributed by atoms with Gasteiger partial charge in [-0.15, -0.1) is 0 Å². The van der Waals surface area contributed by atoms with Crippen molar-refractivity contribution in [2.45, 2.75) is 50.4 Å². The summed E-state index contributed by atoms with van der Waals surface area (Å²) in [6.07, 6.45) is 4.89. The first kappa shape index (κ1) is 16.9. The smallest absolute Gasteiger partial charge is 0.305 e. The Morgan fingerprint density at radius 2 is 1.54 bits per heavy atom.